The SMILES string of the molecule is NCCc1cn2cnc(-c3cccnc3)cc2n1. The summed E-state index contributed by atoms with van der Waals surface area (Å²) in [7, 11) is 0. The van der Waals surface area contributed by atoms with Crippen molar-refractivity contribution >= 4 is 5.65 Å². The first-order chi connectivity index (χ1) is 8.86. The molecule has 0 aromatic carbocycles. The van der Waals surface area contributed by atoms with Gasteiger partial charge < -0.3 is 5.73 Å². The molecule has 3 heterocycles. The van der Waals surface area contributed by atoms with E-state index in [4.69, 9.17) is 5.73 Å². The molecule has 3 aromatic heterocycles. The van der Waals surface area contributed by atoms with E-state index in [1.807, 2.05) is 28.8 Å². The lowest BCUT2D eigenvalue weighted by Gasteiger charge is -1.99. The van der Waals surface area contributed by atoms with Crippen molar-refractivity contribution in [2.24, 2.45) is 5.73 Å². The average Bonchev–Trinajstić information content (AvgIpc) is 2.81. The summed E-state index contributed by atoms with van der Waals surface area (Å²) in [5, 5.41) is 0. The molecule has 0 saturated heterocycles. The maximum Gasteiger partial charge on any atom is 0.140 e. The van der Waals surface area contributed by atoms with E-state index < -0.39 is 0 Å². The molecule has 0 aliphatic heterocycles. The highest BCUT2D eigenvalue weighted by Gasteiger charge is 2.04. The van der Waals surface area contributed by atoms with Gasteiger partial charge in [0, 0.05) is 36.6 Å². The van der Waals surface area contributed by atoms with Crippen LogP contribution in [0.5, 0.6) is 0 Å². The number of nitrogens with two attached hydrogens (primary N) is 1. The number of fused-ring (bicyclic) bond motifs is 1. The molecule has 0 saturated carbocycles. The summed E-state index contributed by atoms with van der Waals surface area (Å²) in [5.41, 5.74) is 9.27. The summed E-state index contributed by atoms with van der Waals surface area (Å²) in [4.78, 5) is 13.0. The topological polar surface area (TPSA) is 69.1 Å². The van der Waals surface area contributed by atoms with Crippen molar-refractivity contribution in [2.45, 2.75) is 6.42 Å². The van der Waals surface area contributed by atoms with E-state index >= 15 is 0 Å². The molecular weight excluding hydrogens is 226 g/mol. The van der Waals surface area contributed by atoms with Crippen molar-refractivity contribution in [3.05, 3.63) is 48.8 Å². The molecule has 5 nitrogen and oxygen atoms in total. The maximum absolute atomic E-state index is 5.53. The molecule has 3 aromatic rings. The van der Waals surface area contributed by atoms with Gasteiger partial charge in [-0.05, 0) is 18.7 Å². The maximum atomic E-state index is 5.53. The molecule has 0 unspecified atom stereocenters. The Kier molecular flexibility index (Phi) is 2.74. The van der Waals surface area contributed by atoms with E-state index in [1.54, 1.807) is 18.7 Å². The molecule has 0 atom stereocenters. The molecule has 18 heavy (non-hydrogen) atoms. The molecule has 5 heteroatoms. The van der Waals surface area contributed by atoms with Crippen molar-refractivity contribution in [1.29, 1.82) is 0 Å². The van der Waals surface area contributed by atoms with Crippen LogP contribution in [0.4, 0.5) is 0 Å². The Morgan fingerprint density at radius 2 is 2.28 bits per heavy atom. The minimum atomic E-state index is 0.604. The first-order valence-corrected chi connectivity index (χ1v) is 5.81. The highest BCUT2D eigenvalue weighted by atomic mass is 15.0. The molecule has 90 valence electrons. The van der Waals surface area contributed by atoms with Crippen LogP contribution in [0.1, 0.15) is 5.69 Å². The van der Waals surface area contributed by atoms with Crippen molar-refractivity contribution < 1.29 is 0 Å². The zero-order valence-electron chi connectivity index (χ0n) is 9.82. The number of pyridine rings is 1. The number of hydrogen-bond donors (Lipinski definition) is 1. The van der Waals surface area contributed by atoms with Crippen LogP contribution in [0.25, 0.3) is 16.9 Å². The summed E-state index contributed by atoms with van der Waals surface area (Å²) < 4.78 is 1.91. The monoisotopic (exact) mass is 239 g/mol. The lowest BCUT2D eigenvalue weighted by Crippen LogP contribution is -2.02. The molecule has 0 fully saturated rings. The van der Waals surface area contributed by atoms with E-state index in [-0.39, 0.29) is 0 Å². The lowest BCUT2D eigenvalue weighted by atomic mass is 10.2. The Bertz CT molecular complexity index is 659. The van der Waals surface area contributed by atoms with Gasteiger partial charge in [0.15, 0.2) is 0 Å². The molecule has 0 amide bonds. The van der Waals surface area contributed by atoms with E-state index in [1.165, 1.54) is 0 Å². The highest BCUT2D eigenvalue weighted by Crippen LogP contribution is 2.16. The lowest BCUT2D eigenvalue weighted by molar-refractivity contribution is 0.936. The van der Waals surface area contributed by atoms with Crippen LogP contribution < -0.4 is 5.73 Å². The second-order valence-corrected chi connectivity index (χ2v) is 4.05. The van der Waals surface area contributed by atoms with Gasteiger partial charge in [0.1, 0.15) is 12.0 Å². The summed E-state index contributed by atoms with van der Waals surface area (Å²) in [6.07, 6.45) is 8.05. The van der Waals surface area contributed by atoms with Crippen LogP contribution in [-0.4, -0.2) is 25.9 Å². The third-order valence-electron chi connectivity index (χ3n) is 2.76. The normalized spacial score (nSPS) is 10.9. The molecule has 0 spiro atoms. The second kappa shape index (κ2) is 4.54. The minimum Gasteiger partial charge on any atom is -0.330 e. The van der Waals surface area contributed by atoms with Gasteiger partial charge in [0.2, 0.25) is 0 Å². The summed E-state index contributed by atoms with van der Waals surface area (Å²) in [6, 6.07) is 5.83. The standard InChI is InChI=1S/C13H13N5/c14-4-3-11-8-18-9-16-12(6-13(18)17-11)10-2-1-5-15-7-10/h1-2,5-9H,3-4,14H2. The van der Waals surface area contributed by atoms with Gasteiger partial charge in [-0.2, -0.15) is 0 Å². The third kappa shape index (κ3) is 1.96. The highest BCUT2D eigenvalue weighted by molar-refractivity contribution is 5.62. The zero-order valence-corrected chi connectivity index (χ0v) is 9.82. The first-order valence-electron chi connectivity index (χ1n) is 5.81. The van der Waals surface area contributed by atoms with Gasteiger partial charge in [0.25, 0.3) is 0 Å². The average molecular weight is 239 g/mol. The van der Waals surface area contributed by atoms with Crippen LogP contribution in [0, 0.1) is 0 Å². The number of aromatic nitrogens is 4. The Morgan fingerprint density at radius 3 is 3.06 bits per heavy atom. The van der Waals surface area contributed by atoms with Crippen LogP contribution in [0.2, 0.25) is 0 Å². The van der Waals surface area contributed by atoms with Crippen molar-refractivity contribution in [2.75, 3.05) is 6.54 Å². The Labute approximate surface area is 104 Å². The van der Waals surface area contributed by atoms with Crippen LogP contribution in [0.3, 0.4) is 0 Å². The molecule has 0 aliphatic carbocycles. The molecule has 3 rings (SSSR count). The second-order valence-electron chi connectivity index (χ2n) is 4.05. The van der Waals surface area contributed by atoms with Gasteiger partial charge in [-0.15, -0.1) is 0 Å². The van der Waals surface area contributed by atoms with Gasteiger partial charge in [-0.1, -0.05) is 0 Å². The Hall–Kier alpha value is -2.27. The number of imidazole rings is 1. The fraction of sp³-hybridized carbons (Fsp3) is 0.154. The molecule has 0 bridgehead atoms. The zero-order chi connectivity index (χ0) is 12.4. The van der Waals surface area contributed by atoms with Gasteiger partial charge in [0.05, 0.1) is 11.4 Å². The molecule has 2 N–H and O–H groups in total. The summed E-state index contributed by atoms with van der Waals surface area (Å²) in [5.74, 6) is 0. The van der Waals surface area contributed by atoms with Crippen molar-refractivity contribution in [1.82, 2.24) is 19.4 Å². The fourth-order valence-corrected chi connectivity index (χ4v) is 1.88. The largest absolute Gasteiger partial charge is 0.330 e. The third-order valence-corrected chi connectivity index (χ3v) is 2.76. The molecule has 0 radical (unpaired) electrons. The van der Waals surface area contributed by atoms with Crippen LogP contribution >= 0.6 is 0 Å². The van der Waals surface area contributed by atoms with Crippen molar-refractivity contribution in [3.8, 4) is 11.3 Å². The summed E-state index contributed by atoms with van der Waals surface area (Å²) in [6.45, 7) is 0.604. The van der Waals surface area contributed by atoms with Crippen molar-refractivity contribution in [3.63, 3.8) is 0 Å². The van der Waals surface area contributed by atoms with Crippen LogP contribution in [0.15, 0.2) is 43.1 Å². The van der Waals surface area contributed by atoms with Gasteiger partial charge in [-0.3, -0.25) is 9.38 Å². The smallest absolute Gasteiger partial charge is 0.140 e. The van der Waals surface area contributed by atoms with Gasteiger partial charge in [-0.25, -0.2) is 9.97 Å². The predicted octanol–water partition coefficient (Wildman–Crippen LogP) is 1.29. The number of nitrogens with zero attached hydrogens (tertiary/aromatic N) is 4. The predicted molar refractivity (Wildman–Crippen MR) is 69.0 cm³/mol. The number of hydrogen-bond acceptors (Lipinski definition) is 4. The van der Waals surface area contributed by atoms with E-state index in [0.717, 1.165) is 29.0 Å². The number of rotatable bonds is 3. The first kappa shape index (κ1) is 10.9. The molecular formula is C13H13N5. The Balaban J connectivity index is 2.05. The van der Waals surface area contributed by atoms with Crippen LogP contribution in [-0.2, 0) is 6.42 Å². The quantitative estimate of drug-likeness (QED) is 0.747. The molecule has 0 aliphatic rings. The summed E-state index contributed by atoms with van der Waals surface area (Å²) >= 11 is 0. The van der Waals surface area contributed by atoms with E-state index in [2.05, 4.69) is 15.0 Å². The Morgan fingerprint density at radius 1 is 1.33 bits per heavy atom. The van der Waals surface area contributed by atoms with Gasteiger partial charge >= 0.3 is 0 Å². The fourth-order valence-electron chi connectivity index (χ4n) is 1.88. The van der Waals surface area contributed by atoms with E-state index in [9.17, 15) is 0 Å². The minimum absolute atomic E-state index is 0.604. The van der Waals surface area contributed by atoms with E-state index in [0.29, 0.717) is 6.54 Å².